The lowest BCUT2D eigenvalue weighted by molar-refractivity contribution is 0.489. The second-order valence-corrected chi connectivity index (χ2v) is 9.47. The number of hydrogen-bond acceptors (Lipinski definition) is 6. The highest BCUT2D eigenvalue weighted by atomic mass is 32.2. The maximum atomic E-state index is 12.3. The molecule has 0 N–H and O–H groups in total. The van der Waals surface area contributed by atoms with Crippen molar-refractivity contribution in [3.63, 3.8) is 0 Å². The van der Waals surface area contributed by atoms with Gasteiger partial charge >= 0.3 is 0 Å². The van der Waals surface area contributed by atoms with Crippen LogP contribution in [0.1, 0.15) is 11.3 Å². The lowest BCUT2D eigenvalue weighted by atomic mass is 10.3. The first kappa shape index (κ1) is 18.0. The van der Waals surface area contributed by atoms with Gasteiger partial charge in [0.1, 0.15) is 11.2 Å². The summed E-state index contributed by atoms with van der Waals surface area (Å²) in [6.07, 6.45) is 4.02. The first-order valence-electron chi connectivity index (χ1n) is 8.23. The molecular weight excluding hydrogens is 384 g/mol. The van der Waals surface area contributed by atoms with Gasteiger partial charge in [-0.05, 0) is 36.8 Å². The van der Waals surface area contributed by atoms with E-state index in [1.165, 1.54) is 47.9 Å². The maximum absolute atomic E-state index is 12.3. The molecule has 0 unspecified atom stereocenters. The molecule has 0 amide bonds. The van der Waals surface area contributed by atoms with E-state index < -0.39 is 10.0 Å². The van der Waals surface area contributed by atoms with Gasteiger partial charge in [-0.25, -0.2) is 22.7 Å². The fourth-order valence-electron chi connectivity index (χ4n) is 2.68. The van der Waals surface area contributed by atoms with Crippen molar-refractivity contribution in [2.45, 2.75) is 22.8 Å². The number of aryl methyl sites for hydroxylation is 1. The lowest BCUT2D eigenvalue weighted by Gasteiger charge is -2.10. The van der Waals surface area contributed by atoms with Gasteiger partial charge in [0.15, 0.2) is 5.58 Å². The van der Waals surface area contributed by atoms with Gasteiger partial charge in [0.2, 0.25) is 10.0 Å². The Hall–Kier alpha value is -2.36. The summed E-state index contributed by atoms with van der Waals surface area (Å²) in [6, 6.07) is 8.71. The molecule has 4 rings (SSSR count). The molecule has 1 aromatic carbocycles. The smallest absolute Gasteiger partial charge is 0.257 e. The fraction of sp³-hybridized carbons (Fsp3) is 0.222. The molecule has 0 aliphatic rings. The average Bonchev–Trinajstić information content (AvgIpc) is 3.21. The highest BCUT2D eigenvalue weighted by Gasteiger charge is 2.19. The number of oxazole rings is 1. The van der Waals surface area contributed by atoms with E-state index in [1.807, 2.05) is 35.9 Å². The minimum atomic E-state index is -3.50. The molecule has 3 heterocycles. The van der Waals surface area contributed by atoms with Gasteiger partial charge in [-0.2, -0.15) is 0 Å². The van der Waals surface area contributed by atoms with Crippen LogP contribution in [0.3, 0.4) is 0 Å². The summed E-state index contributed by atoms with van der Waals surface area (Å²) in [5.41, 5.74) is 4.06. The largest absolute Gasteiger partial charge is 0.431 e. The zero-order chi connectivity index (χ0) is 19.2. The molecule has 4 aromatic rings. The monoisotopic (exact) mass is 402 g/mol. The Bertz CT molecular complexity index is 1240. The van der Waals surface area contributed by atoms with E-state index in [-0.39, 0.29) is 4.90 Å². The molecule has 0 bridgehead atoms. The van der Waals surface area contributed by atoms with E-state index >= 15 is 0 Å². The minimum absolute atomic E-state index is 0.195. The topological polar surface area (TPSA) is 80.7 Å². The molecule has 27 heavy (non-hydrogen) atoms. The van der Waals surface area contributed by atoms with E-state index in [9.17, 15) is 8.42 Å². The molecule has 0 saturated carbocycles. The second-order valence-electron chi connectivity index (χ2n) is 6.39. The summed E-state index contributed by atoms with van der Waals surface area (Å²) in [6.45, 7) is 2.04. The van der Waals surface area contributed by atoms with Crippen LogP contribution in [0.15, 0.2) is 57.3 Å². The first-order valence-corrected chi connectivity index (χ1v) is 10.7. The summed E-state index contributed by atoms with van der Waals surface area (Å²) in [5.74, 6) is 0.608. The number of pyridine rings is 1. The summed E-state index contributed by atoms with van der Waals surface area (Å²) in [7, 11) is -0.501. The van der Waals surface area contributed by atoms with Gasteiger partial charge in [-0.1, -0.05) is 17.8 Å². The molecular formula is C18H18N4O3S2. The molecule has 0 atom stereocenters. The Morgan fingerprint density at radius 2 is 1.96 bits per heavy atom. The number of benzene rings is 1. The predicted octanol–water partition coefficient (Wildman–Crippen LogP) is 3.33. The lowest BCUT2D eigenvalue weighted by Crippen LogP contribution is -2.22. The molecule has 0 aliphatic carbocycles. The number of hydrogen-bond donors (Lipinski definition) is 0. The number of rotatable bonds is 5. The quantitative estimate of drug-likeness (QED) is 0.476. The van der Waals surface area contributed by atoms with Crippen molar-refractivity contribution in [1.82, 2.24) is 18.7 Å². The Balaban J connectivity index is 1.57. The van der Waals surface area contributed by atoms with Crippen LogP contribution in [0, 0.1) is 6.92 Å². The van der Waals surface area contributed by atoms with Crippen LogP contribution in [0.5, 0.6) is 0 Å². The van der Waals surface area contributed by atoms with E-state index in [2.05, 4.69) is 9.97 Å². The third kappa shape index (κ3) is 3.45. The molecule has 9 heteroatoms. The average molecular weight is 403 g/mol. The second kappa shape index (κ2) is 6.66. The van der Waals surface area contributed by atoms with Crippen molar-refractivity contribution < 1.29 is 12.8 Å². The van der Waals surface area contributed by atoms with E-state index in [0.29, 0.717) is 22.1 Å². The summed E-state index contributed by atoms with van der Waals surface area (Å²) >= 11 is 1.42. The SMILES string of the molecule is Cc1ccc2nc(CSc3nc4cc(S(=O)(=O)N(C)C)ccc4o3)cn2c1. The van der Waals surface area contributed by atoms with Gasteiger partial charge in [0.05, 0.1) is 10.6 Å². The number of nitrogens with zero attached hydrogens (tertiary/aromatic N) is 4. The van der Waals surface area contributed by atoms with Gasteiger partial charge in [-0.3, -0.25) is 0 Å². The van der Waals surface area contributed by atoms with Crippen LogP contribution in [0.4, 0.5) is 0 Å². The van der Waals surface area contributed by atoms with Crippen molar-refractivity contribution in [3.8, 4) is 0 Å². The molecule has 140 valence electrons. The van der Waals surface area contributed by atoms with E-state index in [4.69, 9.17) is 4.42 Å². The highest BCUT2D eigenvalue weighted by Crippen LogP contribution is 2.28. The molecule has 0 spiro atoms. The minimum Gasteiger partial charge on any atom is -0.431 e. The fourth-order valence-corrected chi connectivity index (χ4v) is 4.32. The van der Waals surface area contributed by atoms with Crippen molar-refractivity contribution >= 4 is 38.5 Å². The van der Waals surface area contributed by atoms with Crippen LogP contribution in [-0.2, 0) is 15.8 Å². The Kier molecular flexibility index (Phi) is 4.45. The van der Waals surface area contributed by atoms with Gasteiger partial charge in [0, 0.05) is 32.2 Å². The standard InChI is InChI=1S/C18H18N4O3S2/c1-12-4-7-17-19-13(10-22(17)9-12)11-26-18-20-15-8-14(5-6-16(15)25-18)27(23,24)21(2)3/h4-10H,11H2,1-3H3. The van der Waals surface area contributed by atoms with Gasteiger partial charge in [-0.15, -0.1) is 0 Å². The van der Waals surface area contributed by atoms with Crippen molar-refractivity contribution in [3.05, 3.63) is 54.0 Å². The van der Waals surface area contributed by atoms with Crippen LogP contribution < -0.4 is 0 Å². The Morgan fingerprint density at radius 1 is 1.15 bits per heavy atom. The summed E-state index contributed by atoms with van der Waals surface area (Å²) in [5, 5.41) is 0.484. The molecule has 7 nitrogen and oxygen atoms in total. The number of imidazole rings is 1. The maximum Gasteiger partial charge on any atom is 0.257 e. The van der Waals surface area contributed by atoms with Crippen molar-refractivity contribution in [2.24, 2.45) is 0 Å². The number of thioether (sulfide) groups is 1. The third-order valence-corrected chi connectivity index (χ3v) is 6.78. The summed E-state index contributed by atoms with van der Waals surface area (Å²) < 4.78 is 33.4. The van der Waals surface area contributed by atoms with Crippen LogP contribution in [-0.4, -0.2) is 41.2 Å². The molecule has 0 radical (unpaired) electrons. The van der Waals surface area contributed by atoms with Gasteiger partial charge < -0.3 is 8.82 Å². The zero-order valence-electron chi connectivity index (χ0n) is 15.1. The Labute approximate surface area is 161 Å². The molecule has 3 aromatic heterocycles. The van der Waals surface area contributed by atoms with E-state index in [0.717, 1.165) is 11.3 Å². The molecule has 0 aliphatic heterocycles. The third-order valence-electron chi connectivity index (χ3n) is 4.11. The Morgan fingerprint density at radius 3 is 2.74 bits per heavy atom. The van der Waals surface area contributed by atoms with Crippen LogP contribution >= 0.6 is 11.8 Å². The first-order chi connectivity index (χ1) is 12.8. The molecule has 0 saturated heterocycles. The zero-order valence-corrected chi connectivity index (χ0v) is 16.7. The summed E-state index contributed by atoms with van der Waals surface area (Å²) in [4.78, 5) is 9.18. The van der Waals surface area contributed by atoms with Crippen LogP contribution in [0.25, 0.3) is 16.7 Å². The predicted molar refractivity (Wildman–Crippen MR) is 104 cm³/mol. The van der Waals surface area contributed by atoms with E-state index in [1.54, 1.807) is 6.07 Å². The van der Waals surface area contributed by atoms with Crippen molar-refractivity contribution in [2.75, 3.05) is 14.1 Å². The number of fused-ring (bicyclic) bond motifs is 2. The highest BCUT2D eigenvalue weighted by molar-refractivity contribution is 7.98. The molecule has 0 fully saturated rings. The van der Waals surface area contributed by atoms with Crippen LogP contribution in [0.2, 0.25) is 0 Å². The normalized spacial score (nSPS) is 12.4. The van der Waals surface area contributed by atoms with Gasteiger partial charge in [0.25, 0.3) is 5.22 Å². The number of sulfonamides is 1. The van der Waals surface area contributed by atoms with Crippen molar-refractivity contribution in [1.29, 1.82) is 0 Å². The number of aromatic nitrogens is 3.